The summed E-state index contributed by atoms with van der Waals surface area (Å²) in [5.41, 5.74) is 5.93. The molecule has 1 heterocycles. The molecule has 0 saturated heterocycles. The lowest BCUT2D eigenvalue weighted by Gasteiger charge is -2.14. The molecule has 174 valence electrons. The van der Waals surface area contributed by atoms with E-state index in [2.05, 4.69) is 51.0 Å². The van der Waals surface area contributed by atoms with Crippen LogP contribution in [0, 0.1) is 13.8 Å². The predicted octanol–water partition coefficient (Wildman–Crippen LogP) is 5.00. The van der Waals surface area contributed by atoms with E-state index in [-0.39, 0.29) is 12.0 Å². The second-order valence-corrected chi connectivity index (χ2v) is 9.07. The molecule has 0 radical (unpaired) electrons. The van der Waals surface area contributed by atoms with Crippen LogP contribution in [-0.2, 0) is 28.1 Å². The number of aliphatic carboxylic acids is 1. The largest absolute Gasteiger partial charge is 0.482 e. The van der Waals surface area contributed by atoms with Crippen LogP contribution in [0.15, 0.2) is 53.7 Å². The molecular weight excluding hydrogens is 418 g/mol. The molecule has 3 rings (SSSR count). The fourth-order valence-electron chi connectivity index (χ4n) is 3.24. The highest BCUT2D eigenvalue weighted by Gasteiger charge is 2.20. The van der Waals surface area contributed by atoms with Gasteiger partial charge < -0.3 is 14.7 Å². The van der Waals surface area contributed by atoms with Crippen molar-refractivity contribution < 1.29 is 19.5 Å². The van der Waals surface area contributed by atoms with E-state index in [4.69, 9.17) is 19.8 Å². The van der Waals surface area contributed by atoms with E-state index in [0.29, 0.717) is 18.8 Å². The molecule has 3 aromatic rings. The van der Waals surface area contributed by atoms with E-state index in [9.17, 15) is 4.79 Å². The van der Waals surface area contributed by atoms with E-state index < -0.39 is 5.97 Å². The number of carboxylic acid groups (broad SMARTS) is 1. The molecule has 33 heavy (non-hydrogen) atoms. The van der Waals surface area contributed by atoms with E-state index in [0.717, 1.165) is 28.2 Å². The van der Waals surface area contributed by atoms with Gasteiger partial charge in [0.25, 0.3) is 0 Å². The lowest BCUT2D eigenvalue weighted by Crippen LogP contribution is -2.12. The summed E-state index contributed by atoms with van der Waals surface area (Å²) in [6.45, 7) is 10.3. The van der Waals surface area contributed by atoms with Crippen molar-refractivity contribution in [3.05, 3.63) is 76.6 Å². The third kappa shape index (κ3) is 6.68. The molecule has 0 unspecified atom stereocenters. The first-order chi connectivity index (χ1) is 15.6. The number of aryl methyl sites for hydroxylation is 2. The molecule has 0 aliphatic heterocycles. The maximum absolute atomic E-state index is 10.7. The Kier molecular flexibility index (Phi) is 7.53. The molecule has 0 bridgehead atoms. The third-order valence-corrected chi connectivity index (χ3v) is 5.11. The van der Waals surface area contributed by atoms with E-state index in [1.54, 1.807) is 12.3 Å². The summed E-state index contributed by atoms with van der Waals surface area (Å²) in [4.78, 5) is 16.3. The summed E-state index contributed by atoms with van der Waals surface area (Å²) in [6, 6.07) is 15.9. The second-order valence-electron chi connectivity index (χ2n) is 9.07. The number of carbonyl (C=O) groups is 1. The number of hydrogen-bond acceptors (Lipinski definition) is 5. The van der Waals surface area contributed by atoms with Gasteiger partial charge in [-0.15, -0.1) is 0 Å². The van der Waals surface area contributed by atoms with Crippen LogP contribution in [0.3, 0.4) is 0 Å². The average molecular weight is 450 g/mol. The van der Waals surface area contributed by atoms with Crippen LogP contribution in [0.5, 0.6) is 5.75 Å². The lowest BCUT2D eigenvalue weighted by molar-refractivity contribution is -0.139. The minimum atomic E-state index is -0.999. The van der Waals surface area contributed by atoms with Crippen LogP contribution in [0.25, 0.3) is 5.69 Å². The first-order valence-corrected chi connectivity index (χ1v) is 10.9. The summed E-state index contributed by atoms with van der Waals surface area (Å²) in [7, 11) is 0. The van der Waals surface area contributed by atoms with Gasteiger partial charge in [-0.25, -0.2) is 9.48 Å². The first-order valence-electron chi connectivity index (χ1n) is 10.9. The minimum Gasteiger partial charge on any atom is -0.482 e. The molecule has 1 aromatic heterocycles. The van der Waals surface area contributed by atoms with Crippen LogP contribution in [0.1, 0.15) is 48.8 Å². The minimum absolute atomic E-state index is 0.0772. The Morgan fingerprint density at radius 2 is 1.85 bits per heavy atom. The zero-order valence-corrected chi connectivity index (χ0v) is 19.8. The quantitative estimate of drug-likeness (QED) is 0.367. The zero-order chi connectivity index (χ0) is 24.0. The number of ether oxygens (including phenoxy) is 1. The highest BCUT2D eigenvalue weighted by Crippen LogP contribution is 2.24. The van der Waals surface area contributed by atoms with Gasteiger partial charge in [-0.05, 0) is 49.2 Å². The van der Waals surface area contributed by atoms with Gasteiger partial charge in [-0.1, -0.05) is 55.8 Å². The van der Waals surface area contributed by atoms with Crippen LogP contribution in [-0.4, -0.2) is 33.7 Å². The lowest BCUT2D eigenvalue weighted by atomic mass is 9.92. The average Bonchev–Trinajstić information content (AvgIpc) is 3.18. The standard InChI is InChI=1S/C26H31N3O4/c1-18-6-9-21(10-7-18)29-22(15-24(28-29)26(3,4)5)16-33-27-13-12-20-8-11-23(19(2)14-20)32-17-25(30)31/h6-11,13-15H,12,16-17H2,1-5H3,(H,30,31). The van der Waals surface area contributed by atoms with Gasteiger partial charge in [0.05, 0.1) is 17.1 Å². The number of nitrogens with zero attached hydrogens (tertiary/aromatic N) is 3. The van der Waals surface area contributed by atoms with Crippen molar-refractivity contribution in [2.24, 2.45) is 5.16 Å². The van der Waals surface area contributed by atoms with Crippen molar-refractivity contribution >= 4 is 12.2 Å². The molecule has 0 spiro atoms. The topological polar surface area (TPSA) is 85.9 Å². The number of aromatic nitrogens is 2. The Balaban J connectivity index is 1.64. The molecule has 2 aromatic carbocycles. The number of rotatable bonds is 9. The number of oxime groups is 1. The van der Waals surface area contributed by atoms with E-state index in [1.165, 1.54) is 5.56 Å². The van der Waals surface area contributed by atoms with E-state index in [1.807, 2.05) is 35.9 Å². The normalized spacial score (nSPS) is 11.7. The third-order valence-electron chi connectivity index (χ3n) is 5.11. The Labute approximate surface area is 194 Å². The second kappa shape index (κ2) is 10.3. The van der Waals surface area contributed by atoms with Gasteiger partial charge in [0.1, 0.15) is 5.75 Å². The van der Waals surface area contributed by atoms with Crippen molar-refractivity contribution in [2.45, 2.75) is 53.1 Å². The molecule has 1 N–H and O–H groups in total. The summed E-state index contributed by atoms with van der Waals surface area (Å²) < 4.78 is 7.17. The van der Waals surface area contributed by atoms with Crippen LogP contribution >= 0.6 is 0 Å². The summed E-state index contributed by atoms with van der Waals surface area (Å²) in [5, 5.41) is 17.7. The van der Waals surface area contributed by atoms with Crippen molar-refractivity contribution in [3.8, 4) is 11.4 Å². The Morgan fingerprint density at radius 3 is 2.48 bits per heavy atom. The number of carboxylic acids is 1. The maximum atomic E-state index is 10.7. The molecule has 0 aliphatic carbocycles. The zero-order valence-electron chi connectivity index (χ0n) is 19.8. The highest BCUT2D eigenvalue weighted by molar-refractivity contribution is 5.68. The molecule has 0 amide bonds. The molecule has 7 heteroatoms. The molecule has 0 fully saturated rings. The maximum Gasteiger partial charge on any atom is 0.341 e. The smallest absolute Gasteiger partial charge is 0.341 e. The van der Waals surface area contributed by atoms with E-state index >= 15 is 0 Å². The SMILES string of the molecule is Cc1ccc(-n2nc(C(C)(C)C)cc2CON=CCc2ccc(OCC(=O)O)c(C)c2)cc1. The van der Waals surface area contributed by atoms with Crippen LogP contribution < -0.4 is 4.74 Å². The first kappa shape index (κ1) is 24.0. The van der Waals surface area contributed by atoms with Gasteiger partial charge in [0.15, 0.2) is 13.2 Å². The Hall–Kier alpha value is -3.61. The van der Waals surface area contributed by atoms with Crippen LogP contribution in [0.2, 0.25) is 0 Å². The van der Waals surface area contributed by atoms with Crippen molar-refractivity contribution in [1.82, 2.24) is 9.78 Å². The van der Waals surface area contributed by atoms with Crippen molar-refractivity contribution in [3.63, 3.8) is 0 Å². The van der Waals surface area contributed by atoms with Crippen molar-refractivity contribution in [2.75, 3.05) is 6.61 Å². The van der Waals surface area contributed by atoms with Gasteiger partial charge in [-0.2, -0.15) is 5.10 Å². The summed E-state index contributed by atoms with van der Waals surface area (Å²) in [6.07, 6.45) is 2.30. The number of benzene rings is 2. The van der Waals surface area contributed by atoms with Gasteiger partial charge in [0.2, 0.25) is 0 Å². The fraction of sp³-hybridized carbons (Fsp3) is 0.346. The van der Waals surface area contributed by atoms with Gasteiger partial charge in [0, 0.05) is 18.1 Å². The Morgan fingerprint density at radius 1 is 1.12 bits per heavy atom. The molecule has 0 saturated carbocycles. The molecule has 7 nitrogen and oxygen atoms in total. The van der Waals surface area contributed by atoms with Gasteiger partial charge in [-0.3, -0.25) is 0 Å². The summed E-state index contributed by atoms with van der Waals surface area (Å²) >= 11 is 0. The predicted molar refractivity (Wildman–Crippen MR) is 128 cm³/mol. The number of hydrogen-bond donors (Lipinski definition) is 1. The molecule has 0 atom stereocenters. The van der Waals surface area contributed by atoms with Crippen LogP contribution in [0.4, 0.5) is 0 Å². The van der Waals surface area contributed by atoms with Gasteiger partial charge >= 0.3 is 5.97 Å². The summed E-state index contributed by atoms with van der Waals surface area (Å²) in [5.74, 6) is -0.436. The monoisotopic (exact) mass is 449 g/mol. The Bertz CT molecular complexity index is 1130. The molecular formula is C26H31N3O4. The van der Waals surface area contributed by atoms with Crippen molar-refractivity contribution in [1.29, 1.82) is 0 Å². The molecule has 0 aliphatic rings. The fourth-order valence-corrected chi connectivity index (χ4v) is 3.24. The highest BCUT2D eigenvalue weighted by atomic mass is 16.6.